The minimum Gasteiger partial charge on any atom is -0.348 e. The number of carbonyl (C=O) groups excluding carboxylic acids is 1. The van der Waals surface area contributed by atoms with Crippen LogP contribution in [0.5, 0.6) is 0 Å². The summed E-state index contributed by atoms with van der Waals surface area (Å²) in [5.74, 6) is 0.677. The molecule has 0 atom stereocenters. The third-order valence-corrected chi connectivity index (χ3v) is 6.55. The molecular formula is C24H24N8OS. The first kappa shape index (κ1) is 21.9. The molecule has 0 spiro atoms. The fourth-order valence-corrected chi connectivity index (χ4v) is 4.60. The molecule has 5 aromatic heterocycles. The number of fused-ring (bicyclic) bond motifs is 1. The highest BCUT2D eigenvalue weighted by Crippen LogP contribution is 2.31. The zero-order valence-electron chi connectivity index (χ0n) is 19.4. The zero-order valence-corrected chi connectivity index (χ0v) is 20.2. The molecule has 0 saturated carbocycles. The van der Waals surface area contributed by atoms with E-state index in [0.29, 0.717) is 29.3 Å². The number of hydrogen-bond donors (Lipinski definition) is 1. The molecule has 1 N–H and O–H groups in total. The lowest BCUT2D eigenvalue weighted by atomic mass is 10.1. The van der Waals surface area contributed by atoms with Crippen molar-refractivity contribution in [3.8, 4) is 16.3 Å². The second-order valence-electron chi connectivity index (χ2n) is 8.41. The predicted octanol–water partition coefficient (Wildman–Crippen LogP) is 4.10. The molecular weight excluding hydrogens is 448 g/mol. The summed E-state index contributed by atoms with van der Waals surface area (Å²) < 4.78 is 3.72. The maximum Gasteiger partial charge on any atom is 0.253 e. The van der Waals surface area contributed by atoms with E-state index >= 15 is 0 Å². The summed E-state index contributed by atoms with van der Waals surface area (Å²) in [6, 6.07) is 5.96. The number of aryl methyl sites for hydroxylation is 2. The van der Waals surface area contributed by atoms with Gasteiger partial charge in [-0.05, 0) is 38.0 Å². The van der Waals surface area contributed by atoms with E-state index in [1.54, 1.807) is 34.6 Å². The maximum absolute atomic E-state index is 13.2. The van der Waals surface area contributed by atoms with Gasteiger partial charge in [0.25, 0.3) is 5.91 Å². The molecule has 0 aliphatic carbocycles. The fourth-order valence-electron chi connectivity index (χ4n) is 3.72. The van der Waals surface area contributed by atoms with Crippen molar-refractivity contribution < 1.29 is 4.79 Å². The van der Waals surface area contributed by atoms with E-state index in [9.17, 15) is 4.79 Å². The zero-order chi connectivity index (χ0) is 23.8. The second-order valence-corrected chi connectivity index (χ2v) is 9.70. The largest absolute Gasteiger partial charge is 0.348 e. The number of pyridine rings is 1. The molecule has 172 valence electrons. The molecule has 0 unspecified atom stereocenters. The first-order valence-corrected chi connectivity index (χ1v) is 11.8. The van der Waals surface area contributed by atoms with Crippen LogP contribution in [0.3, 0.4) is 0 Å². The minimum absolute atomic E-state index is 0.198. The lowest BCUT2D eigenvalue weighted by Crippen LogP contribution is -2.24. The van der Waals surface area contributed by atoms with Crippen LogP contribution < -0.4 is 5.32 Å². The van der Waals surface area contributed by atoms with Gasteiger partial charge in [0.15, 0.2) is 5.65 Å². The molecule has 1 amide bonds. The SMILES string of the molecule is Cc1ncc(CNC(=O)c2cc(-n3nncc3C(C)C)c3ncc(-c4ccc(C)s4)n3c2)cn1. The standard InChI is InChI=1S/C24H24N8OS/c1-14(2)20-12-29-30-32(20)19-7-18(24(33)28-10-17-8-25-16(4)26-9-17)13-31-21(11-27-23(19)31)22-6-5-15(3)34-22/h5-9,11-14H,10H2,1-4H3,(H,28,33). The van der Waals surface area contributed by atoms with Gasteiger partial charge in [-0.3, -0.25) is 9.20 Å². The third kappa shape index (κ3) is 4.08. The van der Waals surface area contributed by atoms with Gasteiger partial charge in [-0.25, -0.2) is 19.6 Å². The summed E-state index contributed by atoms with van der Waals surface area (Å²) in [6.45, 7) is 8.39. The average Bonchev–Trinajstić information content (AvgIpc) is 3.57. The first-order chi connectivity index (χ1) is 16.4. The van der Waals surface area contributed by atoms with Crippen LogP contribution in [0.15, 0.2) is 49.2 Å². The van der Waals surface area contributed by atoms with E-state index in [1.807, 2.05) is 29.8 Å². The van der Waals surface area contributed by atoms with Crippen molar-refractivity contribution in [3.05, 3.63) is 76.7 Å². The van der Waals surface area contributed by atoms with Crippen LogP contribution in [-0.4, -0.2) is 40.3 Å². The number of aromatic nitrogens is 7. The number of thiophene rings is 1. The average molecular weight is 473 g/mol. The topological polar surface area (TPSA) is 103 Å². The van der Waals surface area contributed by atoms with Crippen LogP contribution in [0.2, 0.25) is 0 Å². The van der Waals surface area contributed by atoms with Gasteiger partial charge in [-0.1, -0.05) is 19.1 Å². The Labute approximate surface area is 200 Å². The normalized spacial score (nSPS) is 11.4. The number of imidazole rings is 1. The summed E-state index contributed by atoms with van der Waals surface area (Å²) in [7, 11) is 0. The van der Waals surface area contributed by atoms with Gasteiger partial charge in [-0.2, -0.15) is 0 Å². The Morgan fingerprint density at radius 1 is 1.09 bits per heavy atom. The Morgan fingerprint density at radius 2 is 1.88 bits per heavy atom. The quantitative estimate of drug-likeness (QED) is 0.399. The molecule has 34 heavy (non-hydrogen) atoms. The van der Waals surface area contributed by atoms with Crippen LogP contribution >= 0.6 is 11.3 Å². The third-order valence-electron chi connectivity index (χ3n) is 5.52. The Hall–Kier alpha value is -3.92. The summed E-state index contributed by atoms with van der Waals surface area (Å²) in [6.07, 6.45) is 8.84. The van der Waals surface area contributed by atoms with Crippen molar-refractivity contribution in [3.63, 3.8) is 0 Å². The van der Waals surface area contributed by atoms with Crippen LogP contribution in [0, 0.1) is 13.8 Å². The van der Waals surface area contributed by atoms with Crippen molar-refractivity contribution in [2.45, 2.75) is 40.2 Å². The van der Waals surface area contributed by atoms with E-state index in [2.05, 4.69) is 58.5 Å². The van der Waals surface area contributed by atoms with Crippen molar-refractivity contribution in [1.29, 1.82) is 0 Å². The lowest BCUT2D eigenvalue weighted by Gasteiger charge is -2.13. The molecule has 0 aromatic carbocycles. The smallest absolute Gasteiger partial charge is 0.253 e. The van der Waals surface area contributed by atoms with E-state index in [-0.39, 0.29) is 11.8 Å². The molecule has 0 bridgehead atoms. The number of hydrogen-bond acceptors (Lipinski definition) is 7. The lowest BCUT2D eigenvalue weighted by molar-refractivity contribution is 0.0950. The van der Waals surface area contributed by atoms with Gasteiger partial charge in [-0.15, -0.1) is 16.4 Å². The predicted molar refractivity (Wildman–Crippen MR) is 130 cm³/mol. The molecule has 5 heterocycles. The molecule has 0 radical (unpaired) electrons. The highest BCUT2D eigenvalue weighted by molar-refractivity contribution is 7.15. The van der Waals surface area contributed by atoms with E-state index in [4.69, 9.17) is 4.98 Å². The monoisotopic (exact) mass is 472 g/mol. The Balaban J connectivity index is 1.60. The highest BCUT2D eigenvalue weighted by atomic mass is 32.1. The molecule has 0 aliphatic rings. The molecule has 5 rings (SSSR count). The van der Waals surface area contributed by atoms with E-state index in [0.717, 1.165) is 21.8 Å². The molecule has 0 fully saturated rings. The minimum atomic E-state index is -0.211. The van der Waals surface area contributed by atoms with Crippen LogP contribution in [-0.2, 0) is 6.54 Å². The fraction of sp³-hybridized carbons (Fsp3) is 0.250. The number of nitrogens with zero attached hydrogens (tertiary/aromatic N) is 7. The summed E-state index contributed by atoms with van der Waals surface area (Å²) in [5.41, 5.74) is 4.59. The van der Waals surface area contributed by atoms with Crippen LogP contribution in [0.25, 0.3) is 21.9 Å². The van der Waals surface area contributed by atoms with Crippen molar-refractivity contribution >= 4 is 22.9 Å². The van der Waals surface area contributed by atoms with Gasteiger partial charge in [0.05, 0.1) is 34.2 Å². The molecule has 10 heteroatoms. The summed E-state index contributed by atoms with van der Waals surface area (Å²) >= 11 is 1.68. The molecule has 0 aliphatic heterocycles. The van der Waals surface area contributed by atoms with Crippen molar-refractivity contribution in [1.82, 2.24) is 39.7 Å². The number of rotatable bonds is 6. The number of amides is 1. The Morgan fingerprint density at radius 3 is 2.59 bits per heavy atom. The molecule has 9 nitrogen and oxygen atoms in total. The number of carbonyl (C=O) groups is 1. The van der Waals surface area contributed by atoms with E-state index in [1.165, 1.54) is 4.88 Å². The summed E-state index contributed by atoms with van der Waals surface area (Å²) in [5, 5.41) is 11.4. The van der Waals surface area contributed by atoms with Gasteiger partial charge in [0, 0.05) is 35.6 Å². The van der Waals surface area contributed by atoms with Gasteiger partial charge in [0.1, 0.15) is 11.5 Å². The maximum atomic E-state index is 13.2. The van der Waals surface area contributed by atoms with Crippen LogP contribution in [0.1, 0.15) is 52.1 Å². The van der Waals surface area contributed by atoms with Crippen molar-refractivity contribution in [2.75, 3.05) is 0 Å². The van der Waals surface area contributed by atoms with Gasteiger partial charge in [0.2, 0.25) is 0 Å². The molecule has 5 aromatic rings. The van der Waals surface area contributed by atoms with Crippen LogP contribution in [0.4, 0.5) is 0 Å². The van der Waals surface area contributed by atoms with E-state index < -0.39 is 0 Å². The highest BCUT2D eigenvalue weighted by Gasteiger charge is 2.20. The second kappa shape index (κ2) is 8.79. The van der Waals surface area contributed by atoms with Gasteiger partial charge < -0.3 is 5.32 Å². The Kier molecular flexibility index (Phi) is 5.66. The van der Waals surface area contributed by atoms with Gasteiger partial charge >= 0.3 is 0 Å². The number of nitrogens with one attached hydrogen (secondary N) is 1. The Bertz CT molecular complexity index is 1480. The molecule has 0 saturated heterocycles. The first-order valence-electron chi connectivity index (χ1n) is 11.0. The van der Waals surface area contributed by atoms with Crippen molar-refractivity contribution in [2.24, 2.45) is 0 Å². The summed E-state index contributed by atoms with van der Waals surface area (Å²) in [4.78, 5) is 28.6.